The Kier molecular flexibility index (Phi) is 5.12. The minimum atomic E-state index is -3.51. The molecule has 1 rings (SSSR count). The third kappa shape index (κ3) is 5.03. The zero-order valence-corrected chi connectivity index (χ0v) is 11.1. The van der Waals surface area contributed by atoms with Crippen LogP contribution in [-0.4, -0.2) is 26.6 Å². The molecule has 0 aliphatic heterocycles. The van der Waals surface area contributed by atoms with E-state index in [1.807, 2.05) is 0 Å². The molecule has 0 unspecified atom stereocenters. The summed E-state index contributed by atoms with van der Waals surface area (Å²) in [6.45, 7) is 0.175. The van der Waals surface area contributed by atoms with Gasteiger partial charge in [0, 0.05) is 17.0 Å². The molecule has 0 heterocycles. The first-order chi connectivity index (χ1) is 8.29. The number of halogens is 1. The highest BCUT2D eigenvalue weighted by atomic mass is 32.2. The summed E-state index contributed by atoms with van der Waals surface area (Å²) in [5, 5.41) is 7.31. The van der Waals surface area contributed by atoms with E-state index in [1.165, 1.54) is 12.1 Å². The monoisotopic (exact) mass is 292 g/mol. The van der Waals surface area contributed by atoms with Crippen LogP contribution >= 0.6 is 12.6 Å². The van der Waals surface area contributed by atoms with Gasteiger partial charge in [0.15, 0.2) is 0 Å². The van der Waals surface area contributed by atoms with Crippen molar-refractivity contribution in [3.8, 4) is 0 Å². The highest BCUT2D eigenvalue weighted by Gasteiger charge is 2.08. The average molecular weight is 292 g/mol. The standard InChI is InChI=1S/C10H13FN2O3S2/c11-8-3-2-7(6-9(8)17)10(14)13-4-1-5-18(12,15)16/h2-3,6,17H,1,4-5H2,(H,13,14)(H2,12,15,16). The Hall–Kier alpha value is -1.12. The molecule has 0 atom stereocenters. The lowest BCUT2D eigenvalue weighted by molar-refractivity contribution is 0.0953. The van der Waals surface area contributed by atoms with Crippen molar-refractivity contribution in [1.82, 2.24) is 5.32 Å². The molecular formula is C10H13FN2O3S2. The van der Waals surface area contributed by atoms with Crippen molar-refractivity contribution in [2.75, 3.05) is 12.3 Å². The second kappa shape index (κ2) is 6.17. The highest BCUT2D eigenvalue weighted by molar-refractivity contribution is 7.89. The van der Waals surface area contributed by atoms with Crippen molar-refractivity contribution in [1.29, 1.82) is 0 Å². The molecule has 100 valence electrons. The van der Waals surface area contributed by atoms with Gasteiger partial charge in [0.05, 0.1) is 5.75 Å². The largest absolute Gasteiger partial charge is 0.352 e. The summed E-state index contributed by atoms with van der Waals surface area (Å²) in [5.41, 5.74) is 0.261. The Morgan fingerprint density at radius 3 is 2.67 bits per heavy atom. The first kappa shape index (κ1) is 14.9. The van der Waals surface area contributed by atoms with E-state index in [0.717, 1.165) is 6.07 Å². The molecule has 8 heteroatoms. The molecule has 0 aliphatic rings. The Morgan fingerprint density at radius 2 is 2.11 bits per heavy atom. The molecule has 0 aliphatic carbocycles. The van der Waals surface area contributed by atoms with E-state index in [1.54, 1.807) is 0 Å². The molecule has 0 saturated carbocycles. The molecule has 18 heavy (non-hydrogen) atoms. The molecule has 0 radical (unpaired) electrons. The van der Waals surface area contributed by atoms with Crippen LogP contribution < -0.4 is 10.5 Å². The van der Waals surface area contributed by atoms with E-state index >= 15 is 0 Å². The van der Waals surface area contributed by atoms with Crippen molar-refractivity contribution in [3.63, 3.8) is 0 Å². The molecule has 1 amide bonds. The summed E-state index contributed by atoms with van der Waals surface area (Å²) in [6, 6.07) is 3.76. The quantitative estimate of drug-likeness (QED) is 0.546. The predicted molar refractivity (Wildman–Crippen MR) is 68.6 cm³/mol. The summed E-state index contributed by atoms with van der Waals surface area (Å²) in [5.74, 6) is -1.13. The molecule has 0 aromatic heterocycles. The van der Waals surface area contributed by atoms with E-state index in [0.29, 0.717) is 0 Å². The number of amides is 1. The SMILES string of the molecule is NS(=O)(=O)CCCNC(=O)c1ccc(F)c(S)c1. The zero-order valence-electron chi connectivity index (χ0n) is 9.39. The van der Waals surface area contributed by atoms with E-state index < -0.39 is 21.7 Å². The van der Waals surface area contributed by atoms with Crippen LogP contribution in [0.2, 0.25) is 0 Å². The van der Waals surface area contributed by atoms with Gasteiger partial charge in [0.25, 0.3) is 5.91 Å². The van der Waals surface area contributed by atoms with Crippen molar-refractivity contribution in [3.05, 3.63) is 29.6 Å². The van der Waals surface area contributed by atoms with E-state index in [-0.39, 0.29) is 29.2 Å². The van der Waals surface area contributed by atoms with Crippen LogP contribution in [0.3, 0.4) is 0 Å². The van der Waals surface area contributed by atoms with Gasteiger partial charge in [0.2, 0.25) is 10.0 Å². The number of benzene rings is 1. The van der Waals surface area contributed by atoms with Gasteiger partial charge < -0.3 is 5.32 Å². The minimum Gasteiger partial charge on any atom is -0.352 e. The van der Waals surface area contributed by atoms with Crippen molar-refractivity contribution in [2.45, 2.75) is 11.3 Å². The van der Waals surface area contributed by atoms with Gasteiger partial charge in [0.1, 0.15) is 5.82 Å². The smallest absolute Gasteiger partial charge is 0.251 e. The van der Waals surface area contributed by atoms with Gasteiger partial charge >= 0.3 is 0 Å². The number of hydrogen-bond acceptors (Lipinski definition) is 4. The number of primary sulfonamides is 1. The predicted octanol–water partition coefficient (Wildman–Crippen LogP) is 0.523. The summed E-state index contributed by atoms with van der Waals surface area (Å²) in [7, 11) is -3.51. The number of rotatable bonds is 5. The number of thiol groups is 1. The number of carbonyl (C=O) groups is 1. The first-order valence-electron chi connectivity index (χ1n) is 5.07. The summed E-state index contributed by atoms with van der Waals surface area (Å²) in [6.07, 6.45) is 0.222. The first-order valence-corrected chi connectivity index (χ1v) is 7.23. The zero-order chi connectivity index (χ0) is 13.8. The number of carbonyl (C=O) groups excluding carboxylic acids is 1. The topological polar surface area (TPSA) is 89.3 Å². The second-order valence-electron chi connectivity index (χ2n) is 3.64. The van der Waals surface area contributed by atoms with Crippen molar-refractivity contribution in [2.24, 2.45) is 5.14 Å². The maximum absolute atomic E-state index is 12.9. The summed E-state index contributed by atoms with van der Waals surface area (Å²) < 4.78 is 34.2. The maximum Gasteiger partial charge on any atom is 0.251 e. The summed E-state index contributed by atoms with van der Waals surface area (Å²) in [4.78, 5) is 11.7. The fourth-order valence-electron chi connectivity index (χ4n) is 1.23. The van der Waals surface area contributed by atoms with Crippen LogP contribution in [-0.2, 0) is 10.0 Å². The minimum absolute atomic E-state index is 0.0761. The van der Waals surface area contributed by atoms with Crippen molar-refractivity contribution < 1.29 is 17.6 Å². The Bertz CT molecular complexity index is 546. The van der Waals surface area contributed by atoms with Gasteiger partial charge in [-0.25, -0.2) is 17.9 Å². The molecule has 0 bridgehead atoms. The van der Waals surface area contributed by atoms with E-state index in [2.05, 4.69) is 17.9 Å². The Labute approximate surface area is 110 Å². The Balaban J connectivity index is 2.48. The van der Waals surface area contributed by atoms with Crippen LogP contribution in [0.25, 0.3) is 0 Å². The molecule has 5 nitrogen and oxygen atoms in total. The van der Waals surface area contributed by atoms with Crippen LogP contribution in [0.4, 0.5) is 4.39 Å². The van der Waals surface area contributed by atoms with Gasteiger partial charge in [-0.15, -0.1) is 12.6 Å². The number of nitrogens with two attached hydrogens (primary N) is 1. The van der Waals surface area contributed by atoms with Crippen LogP contribution in [0.1, 0.15) is 16.8 Å². The van der Waals surface area contributed by atoms with E-state index in [9.17, 15) is 17.6 Å². The third-order valence-electron chi connectivity index (χ3n) is 2.10. The molecule has 0 fully saturated rings. The third-order valence-corrected chi connectivity index (χ3v) is 3.30. The van der Waals surface area contributed by atoms with Gasteiger partial charge in [-0.2, -0.15) is 0 Å². The molecular weight excluding hydrogens is 279 g/mol. The van der Waals surface area contributed by atoms with Crippen LogP contribution in [0.15, 0.2) is 23.1 Å². The lowest BCUT2D eigenvalue weighted by Gasteiger charge is -2.05. The molecule has 0 saturated heterocycles. The fourth-order valence-corrected chi connectivity index (χ4v) is 1.99. The van der Waals surface area contributed by atoms with Gasteiger partial charge in [-0.1, -0.05) is 0 Å². The van der Waals surface area contributed by atoms with Crippen molar-refractivity contribution >= 4 is 28.6 Å². The normalized spacial score (nSPS) is 11.3. The van der Waals surface area contributed by atoms with Gasteiger partial charge in [-0.05, 0) is 24.6 Å². The highest BCUT2D eigenvalue weighted by Crippen LogP contribution is 2.13. The number of sulfonamides is 1. The molecule has 1 aromatic rings. The fraction of sp³-hybridized carbons (Fsp3) is 0.300. The average Bonchev–Trinajstić information content (AvgIpc) is 2.26. The van der Waals surface area contributed by atoms with Crippen LogP contribution in [0.5, 0.6) is 0 Å². The molecule has 3 N–H and O–H groups in total. The molecule has 1 aromatic carbocycles. The van der Waals surface area contributed by atoms with Crippen LogP contribution in [0, 0.1) is 5.82 Å². The van der Waals surface area contributed by atoms with Gasteiger partial charge in [-0.3, -0.25) is 4.79 Å². The number of hydrogen-bond donors (Lipinski definition) is 3. The second-order valence-corrected chi connectivity index (χ2v) is 5.86. The maximum atomic E-state index is 12.9. The summed E-state index contributed by atoms with van der Waals surface area (Å²) >= 11 is 3.86. The lowest BCUT2D eigenvalue weighted by atomic mass is 10.2. The van der Waals surface area contributed by atoms with E-state index in [4.69, 9.17) is 5.14 Å². The Morgan fingerprint density at radius 1 is 1.44 bits per heavy atom. The molecule has 0 spiro atoms. The number of nitrogens with one attached hydrogen (secondary N) is 1. The lowest BCUT2D eigenvalue weighted by Crippen LogP contribution is -2.27.